The Morgan fingerprint density at radius 1 is 1.30 bits per heavy atom. The molecule has 0 fully saturated rings. The van der Waals surface area contributed by atoms with Crippen molar-refractivity contribution in [1.82, 2.24) is 10.3 Å². The Morgan fingerprint density at radius 2 is 2.10 bits per heavy atom. The second-order valence-electron chi connectivity index (χ2n) is 5.65. The van der Waals surface area contributed by atoms with Gasteiger partial charge in [-0.2, -0.15) is 0 Å². The zero-order valence-corrected chi connectivity index (χ0v) is 13.3. The number of hydrogen-bond acceptors (Lipinski definition) is 3. The maximum atomic E-state index is 4.72. The third-order valence-electron chi connectivity index (χ3n) is 4.28. The van der Waals surface area contributed by atoms with Gasteiger partial charge in [-0.3, -0.25) is 0 Å². The van der Waals surface area contributed by atoms with Crippen molar-refractivity contribution in [2.45, 2.75) is 39.7 Å². The van der Waals surface area contributed by atoms with Crippen LogP contribution < -0.4 is 5.32 Å². The SMILES string of the molecule is CCNC1c2ccccc2CC1Cc1nc(C)c(C)s1. The van der Waals surface area contributed by atoms with E-state index in [1.54, 1.807) is 0 Å². The van der Waals surface area contributed by atoms with Gasteiger partial charge in [0.1, 0.15) is 0 Å². The first-order chi connectivity index (χ1) is 9.69. The highest BCUT2D eigenvalue weighted by molar-refractivity contribution is 7.11. The van der Waals surface area contributed by atoms with Gasteiger partial charge in [0.2, 0.25) is 0 Å². The van der Waals surface area contributed by atoms with Gasteiger partial charge in [-0.05, 0) is 43.9 Å². The number of rotatable bonds is 4. The Balaban J connectivity index is 1.83. The van der Waals surface area contributed by atoms with Crippen LogP contribution in [0.3, 0.4) is 0 Å². The van der Waals surface area contributed by atoms with Crippen LogP contribution in [0, 0.1) is 19.8 Å². The van der Waals surface area contributed by atoms with Crippen LogP contribution in [-0.4, -0.2) is 11.5 Å². The number of aryl methyl sites for hydroxylation is 2. The minimum Gasteiger partial charge on any atom is -0.310 e. The van der Waals surface area contributed by atoms with Gasteiger partial charge in [-0.1, -0.05) is 31.2 Å². The molecule has 0 spiro atoms. The molecule has 2 aromatic rings. The fraction of sp³-hybridized carbons (Fsp3) is 0.471. The average Bonchev–Trinajstić information content (AvgIpc) is 2.92. The van der Waals surface area contributed by atoms with Gasteiger partial charge >= 0.3 is 0 Å². The zero-order valence-electron chi connectivity index (χ0n) is 12.4. The third kappa shape index (κ3) is 2.52. The molecule has 20 heavy (non-hydrogen) atoms. The van der Waals surface area contributed by atoms with Crippen LogP contribution in [0.1, 0.15) is 39.7 Å². The van der Waals surface area contributed by atoms with Crippen LogP contribution >= 0.6 is 11.3 Å². The highest BCUT2D eigenvalue weighted by Crippen LogP contribution is 2.38. The van der Waals surface area contributed by atoms with E-state index in [-0.39, 0.29) is 0 Å². The lowest BCUT2D eigenvalue weighted by atomic mass is 9.97. The number of fused-ring (bicyclic) bond motifs is 1. The Labute approximate surface area is 125 Å². The van der Waals surface area contributed by atoms with Gasteiger partial charge in [0.15, 0.2) is 0 Å². The fourth-order valence-corrected chi connectivity index (χ4v) is 4.24. The van der Waals surface area contributed by atoms with Gasteiger partial charge in [-0.25, -0.2) is 4.98 Å². The van der Waals surface area contributed by atoms with Crippen molar-refractivity contribution in [2.24, 2.45) is 5.92 Å². The van der Waals surface area contributed by atoms with Gasteiger partial charge in [0.05, 0.1) is 10.7 Å². The lowest BCUT2D eigenvalue weighted by Gasteiger charge is -2.20. The molecule has 3 rings (SSSR count). The minimum atomic E-state index is 0.487. The normalized spacial score (nSPS) is 21.1. The number of aromatic nitrogens is 1. The molecule has 2 unspecified atom stereocenters. The highest BCUT2D eigenvalue weighted by atomic mass is 32.1. The van der Waals surface area contributed by atoms with Crippen LogP contribution in [-0.2, 0) is 12.8 Å². The molecular weight excluding hydrogens is 264 g/mol. The van der Waals surface area contributed by atoms with Gasteiger partial charge in [0, 0.05) is 17.3 Å². The van der Waals surface area contributed by atoms with E-state index in [4.69, 9.17) is 4.98 Å². The average molecular weight is 286 g/mol. The van der Waals surface area contributed by atoms with Crippen molar-refractivity contribution in [3.63, 3.8) is 0 Å². The first-order valence-electron chi connectivity index (χ1n) is 7.43. The van der Waals surface area contributed by atoms with Crippen LogP contribution in [0.2, 0.25) is 0 Å². The summed E-state index contributed by atoms with van der Waals surface area (Å²) >= 11 is 1.86. The van der Waals surface area contributed by atoms with E-state index in [0.29, 0.717) is 12.0 Å². The summed E-state index contributed by atoms with van der Waals surface area (Å²) in [7, 11) is 0. The molecule has 1 aliphatic carbocycles. The number of hydrogen-bond donors (Lipinski definition) is 1. The molecule has 0 aliphatic heterocycles. The molecule has 1 aromatic carbocycles. The smallest absolute Gasteiger partial charge is 0.0934 e. The molecule has 1 aromatic heterocycles. The van der Waals surface area contributed by atoms with Crippen molar-refractivity contribution in [3.05, 3.63) is 51.0 Å². The van der Waals surface area contributed by atoms with Crippen molar-refractivity contribution in [1.29, 1.82) is 0 Å². The Kier molecular flexibility index (Phi) is 3.90. The molecule has 3 heteroatoms. The maximum Gasteiger partial charge on any atom is 0.0934 e. The van der Waals surface area contributed by atoms with E-state index >= 15 is 0 Å². The molecule has 106 valence electrons. The van der Waals surface area contributed by atoms with Crippen LogP contribution in [0.15, 0.2) is 24.3 Å². The van der Waals surface area contributed by atoms with E-state index < -0.39 is 0 Å². The topological polar surface area (TPSA) is 24.9 Å². The molecule has 1 heterocycles. The minimum absolute atomic E-state index is 0.487. The van der Waals surface area contributed by atoms with Crippen molar-refractivity contribution in [2.75, 3.05) is 6.54 Å². The molecule has 0 amide bonds. The molecule has 2 atom stereocenters. The molecule has 0 saturated heterocycles. The number of thiazole rings is 1. The fourth-order valence-electron chi connectivity index (χ4n) is 3.22. The summed E-state index contributed by atoms with van der Waals surface area (Å²) < 4.78 is 0. The number of nitrogens with one attached hydrogen (secondary N) is 1. The van der Waals surface area contributed by atoms with E-state index in [1.807, 2.05) is 11.3 Å². The summed E-state index contributed by atoms with van der Waals surface area (Å²) in [6, 6.07) is 9.35. The van der Waals surface area contributed by atoms with E-state index in [9.17, 15) is 0 Å². The predicted molar refractivity (Wildman–Crippen MR) is 85.3 cm³/mol. The third-order valence-corrected chi connectivity index (χ3v) is 5.37. The van der Waals surface area contributed by atoms with Crippen LogP contribution in [0.25, 0.3) is 0 Å². The van der Waals surface area contributed by atoms with Crippen molar-refractivity contribution in [3.8, 4) is 0 Å². The van der Waals surface area contributed by atoms with Crippen LogP contribution in [0.4, 0.5) is 0 Å². The van der Waals surface area contributed by atoms with Gasteiger partial charge in [0.25, 0.3) is 0 Å². The predicted octanol–water partition coefficient (Wildman–Crippen LogP) is 3.83. The standard InChI is InChI=1S/C17H22N2S/c1-4-18-17-14(9-13-7-5-6-8-15(13)17)10-16-19-11(2)12(3)20-16/h5-8,14,17-18H,4,9-10H2,1-3H3. The largest absolute Gasteiger partial charge is 0.310 e. The molecule has 0 radical (unpaired) electrons. The maximum absolute atomic E-state index is 4.72. The van der Waals surface area contributed by atoms with E-state index in [2.05, 4.69) is 50.4 Å². The summed E-state index contributed by atoms with van der Waals surface area (Å²) in [5, 5.41) is 4.96. The van der Waals surface area contributed by atoms with Crippen LogP contribution in [0.5, 0.6) is 0 Å². The summed E-state index contributed by atoms with van der Waals surface area (Å²) in [6.07, 6.45) is 2.26. The lowest BCUT2D eigenvalue weighted by molar-refractivity contribution is 0.393. The van der Waals surface area contributed by atoms with E-state index in [0.717, 1.165) is 13.0 Å². The quantitative estimate of drug-likeness (QED) is 0.924. The van der Waals surface area contributed by atoms with E-state index in [1.165, 1.54) is 33.1 Å². The van der Waals surface area contributed by atoms with Crippen molar-refractivity contribution >= 4 is 11.3 Å². The first-order valence-corrected chi connectivity index (χ1v) is 8.24. The lowest BCUT2D eigenvalue weighted by Crippen LogP contribution is -2.26. The number of nitrogens with zero attached hydrogens (tertiary/aromatic N) is 1. The van der Waals surface area contributed by atoms with Crippen molar-refractivity contribution < 1.29 is 0 Å². The highest BCUT2D eigenvalue weighted by Gasteiger charge is 2.32. The Morgan fingerprint density at radius 3 is 2.80 bits per heavy atom. The number of benzene rings is 1. The molecule has 0 bridgehead atoms. The molecular formula is C17H22N2S. The molecule has 1 N–H and O–H groups in total. The Hall–Kier alpha value is -1.19. The van der Waals surface area contributed by atoms with Gasteiger partial charge < -0.3 is 5.32 Å². The summed E-state index contributed by atoms with van der Waals surface area (Å²) in [5.41, 5.74) is 4.19. The summed E-state index contributed by atoms with van der Waals surface area (Å²) in [4.78, 5) is 6.08. The molecule has 2 nitrogen and oxygen atoms in total. The molecule has 1 aliphatic rings. The second-order valence-corrected chi connectivity index (χ2v) is 6.94. The van der Waals surface area contributed by atoms with Gasteiger partial charge in [-0.15, -0.1) is 11.3 Å². The first kappa shape index (κ1) is 13.8. The molecule has 0 saturated carbocycles. The Bertz CT molecular complexity index is 583. The monoisotopic (exact) mass is 286 g/mol. The summed E-state index contributed by atoms with van der Waals surface area (Å²) in [5.74, 6) is 0.636. The second kappa shape index (κ2) is 5.66. The summed E-state index contributed by atoms with van der Waals surface area (Å²) in [6.45, 7) is 7.49. The zero-order chi connectivity index (χ0) is 14.1.